The average Bonchev–Trinajstić information content (AvgIpc) is 3.24. The van der Waals surface area contributed by atoms with Crippen LogP contribution < -0.4 is 0 Å². The number of fused-ring (bicyclic) bond motifs is 7. The van der Waals surface area contributed by atoms with Gasteiger partial charge in [-0.15, -0.1) is 0 Å². The lowest BCUT2D eigenvalue weighted by Crippen LogP contribution is -2.26. The second-order valence-corrected chi connectivity index (χ2v) is 6.04. The summed E-state index contributed by atoms with van der Waals surface area (Å²) in [7, 11) is 0. The van der Waals surface area contributed by atoms with Gasteiger partial charge in [0.1, 0.15) is 23.4 Å². The minimum absolute atomic E-state index is 0.111. The van der Waals surface area contributed by atoms with E-state index in [1.807, 2.05) is 0 Å². The molecule has 4 atom stereocenters. The summed E-state index contributed by atoms with van der Waals surface area (Å²) in [6.07, 6.45) is 0.521. The molecule has 2 aromatic rings. The molecule has 3 aliphatic rings. The number of benzene rings is 2. The predicted molar refractivity (Wildman–Crippen MR) is 68.4 cm³/mol. The smallest absolute Gasteiger partial charge is 0.121 e. The van der Waals surface area contributed by atoms with Crippen molar-refractivity contribution in [2.24, 2.45) is 0 Å². The SMILES string of the molecule is C[C@@]12O[C@@H]1[C@@H]1O[C@]1(C)c1cc3ccccc3cc12. The molecule has 2 aromatic carbocycles. The van der Waals surface area contributed by atoms with Crippen LogP contribution >= 0.6 is 0 Å². The maximum absolute atomic E-state index is 5.93. The van der Waals surface area contributed by atoms with E-state index in [4.69, 9.17) is 9.47 Å². The van der Waals surface area contributed by atoms with Crippen molar-refractivity contribution in [3.63, 3.8) is 0 Å². The number of ether oxygens (including phenoxy) is 2. The van der Waals surface area contributed by atoms with Crippen LogP contribution in [0.25, 0.3) is 10.8 Å². The average molecular weight is 238 g/mol. The lowest BCUT2D eigenvalue weighted by molar-refractivity contribution is 0.264. The molecule has 2 saturated heterocycles. The van der Waals surface area contributed by atoms with Gasteiger partial charge in [-0.25, -0.2) is 0 Å². The van der Waals surface area contributed by atoms with Gasteiger partial charge in [0.05, 0.1) is 0 Å². The molecular formula is C16H14O2. The molecule has 0 bridgehead atoms. The second kappa shape index (κ2) is 2.49. The van der Waals surface area contributed by atoms with Crippen LogP contribution in [0.1, 0.15) is 25.0 Å². The van der Waals surface area contributed by atoms with E-state index in [-0.39, 0.29) is 23.4 Å². The topological polar surface area (TPSA) is 25.1 Å². The lowest BCUT2D eigenvalue weighted by atomic mass is 9.77. The Morgan fingerprint density at radius 2 is 1.28 bits per heavy atom. The zero-order valence-electron chi connectivity index (χ0n) is 10.4. The molecule has 0 radical (unpaired) electrons. The third-order valence-electron chi connectivity index (χ3n) is 4.95. The fourth-order valence-corrected chi connectivity index (χ4v) is 3.66. The largest absolute Gasteiger partial charge is 0.358 e. The number of epoxide rings is 2. The van der Waals surface area contributed by atoms with Gasteiger partial charge in [0.15, 0.2) is 0 Å². The highest BCUT2D eigenvalue weighted by Crippen LogP contribution is 2.66. The van der Waals surface area contributed by atoms with Crippen molar-refractivity contribution in [3.05, 3.63) is 47.5 Å². The normalized spacial score (nSPS) is 43.0. The Bertz CT molecular complexity index is 647. The molecule has 0 saturated carbocycles. The van der Waals surface area contributed by atoms with Gasteiger partial charge in [-0.05, 0) is 47.9 Å². The third kappa shape index (κ3) is 0.877. The number of rotatable bonds is 0. The van der Waals surface area contributed by atoms with Crippen molar-refractivity contribution in [1.82, 2.24) is 0 Å². The first kappa shape index (κ1) is 9.54. The Kier molecular flexibility index (Phi) is 1.32. The zero-order chi connectivity index (χ0) is 12.1. The van der Waals surface area contributed by atoms with E-state index in [1.54, 1.807) is 0 Å². The summed E-state index contributed by atoms with van der Waals surface area (Å²) in [6, 6.07) is 13.1. The predicted octanol–water partition coefficient (Wildman–Crippen LogP) is 3.08. The summed E-state index contributed by atoms with van der Waals surface area (Å²) in [6.45, 7) is 4.37. The lowest BCUT2D eigenvalue weighted by Gasteiger charge is -2.21. The number of hydrogen-bond donors (Lipinski definition) is 0. The van der Waals surface area contributed by atoms with Crippen LogP contribution in [0.4, 0.5) is 0 Å². The highest BCUT2D eigenvalue weighted by Gasteiger charge is 2.75. The molecule has 2 heteroatoms. The highest BCUT2D eigenvalue weighted by molar-refractivity contribution is 5.85. The molecule has 2 nitrogen and oxygen atoms in total. The molecule has 18 heavy (non-hydrogen) atoms. The van der Waals surface area contributed by atoms with Gasteiger partial charge in [-0.2, -0.15) is 0 Å². The van der Waals surface area contributed by atoms with Crippen LogP contribution in [0.15, 0.2) is 36.4 Å². The van der Waals surface area contributed by atoms with E-state index in [1.165, 1.54) is 21.9 Å². The van der Waals surface area contributed by atoms with E-state index in [2.05, 4.69) is 50.2 Å². The first-order valence-corrected chi connectivity index (χ1v) is 6.52. The monoisotopic (exact) mass is 238 g/mol. The van der Waals surface area contributed by atoms with Crippen LogP contribution in [0, 0.1) is 0 Å². The maximum Gasteiger partial charge on any atom is 0.121 e. The third-order valence-corrected chi connectivity index (χ3v) is 4.95. The van der Waals surface area contributed by atoms with Crippen LogP contribution in [0.2, 0.25) is 0 Å². The molecule has 5 rings (SSSR count). The van der Waals surface area contributed by atoms with Gasteiger partial charge in [-0.1, -0.05) is 24.3 Å². The summed E-state index contributed by atoms with van der Waals surface area (Å²) in [5.74, 6) is 0. The summed E-state index contributed by atoms with van der Waals surface area (Å²) in [4.78, 5) is 0. The van der Waals surface area contributed by atoms with Gasteiger partial charge in [0.25, 0.3) is 0 Å². The Morgan fingerprint density at radius 1 is 0.833 bits per heavy atom. The van der Waals surface area contributed by atoms with E-state index < -0.39 is 0 Å². The minimum Gasteiger partial charge on any atom is -0.358 e. The van der Waals surface area contributed by atoms with E-state index in [0.717, 1.165) is 0 Å². The first-order valence-electron chi connectivity index (χ1n) is 6.52. The van der Waals surface area contributed by atoms with Gasteiger partial charge in [0.2, 0.25) is 0 Å². The number of hydrogen-bond acceptors (Lipinski definition) is 2. The minimum atomic E-state index is -0.111. The van der Waals surface area contributed by atoms with Crippen molar-refractivity contribution < 1.29 is 9.47 Å². The fourth-order valence-electron chi connectivity index (χ4n) is 3.66. The Balaban J connectivity index is 1.89. The Morgan fingerprint density at radius 3 is 1.72 bits per heavy atom. The quantitative estimate of drug-likeness (QED) is 0.659. The molecule has 2 fully saturated rings. The van der Waals surface area contributed by atoms with Crippen molar-refractivity contribution >= 4 is 10.8 Å². The van der Waals surface area contributed by atoms with Crippen LogP contribution in [-0.4, -0.2) is 12.2 Å². The Labute approximate surface area is 106 Å². The standard InChI is InChI=1S/C16H14O2/c1-15-11-7-9-5-3-4-6-10(9)8-12(11)16(2)14(18-16)13(15)17-15/h3-8,13-14H,1-2H3/t13-,14+,15+,16-. The molecule has 90 valence electrons. The molecule has 0 unspecified atom stereocenters. The van der Waals surface area contributed by atoms with Gasteiger partial charge < -0.3 is 9.47 Å². The molecule has 0 amide bonds. The molecular weight excluding hydrogens is 224 g/mol. The molecule has 2 aliphatic heterocycles. The van der Waals surface area contributed by atoms with Crippen LogP contribution in [0.5, 0.6) is 0 Å². The molecule has 0 aromatic heterocycles. The zero-order valence-corrected chi connectivity index (χ0v) is 10.4. The maximum atomic E-state index is 5.93. The van der Waals surface area contributed by atoms with E-state index in [0.29, 0.717) is 0 Å². The van der Waals surface area contributed by atoms with Crippen molar-refractivity contribution in [2.75, 3.05) is 0 Å². The first-order chi connectivity index (χ1) is 8.63. The summed E-state index contributed by atoms with van der Waals surface area (Å²) < 4.78 is 11.9. The molecule has 0 spiro atoms. The van der Waals surface area contributed by atoms with Gasteiger partial charge in [-0.3, -0.25) is 0 Å². The van der Waals surface area contributed by atoms with Crippen LogP contribution in [0.3, 0.4) is 0 Å². The summed E-state index contributed by atoms with van der Waals surface area (Å²) in [5, 5.41) is 2.57. The molecule has 0 N–H and O–H groups in total. The fraction of sp³-hybridized carbons (Fsp3) is 0.375. The van der Waals surface area contributed by atoms with Gasteiger partial charge >= 0.3 is 0 Å². The summed E-state index contributed by atoms with van der Waals surface area (Å²) in [5.41, 5.74) is 2.42. The molecule has 2 heterocycles. The van der Waals surface area contributed by atoms with Crippen molar-refractivity contribution in [3.8, 4) is 0 Å². The Hall–Kier alpha value is -1.38. The van der Waals surface area contributed by atoms with E-state index in [9.17, 15) is 0 Å². The van der Waals surface area contributed by atoms with Crippen molar-refractivity contribution in [2.45, 2.75) is 37.3 Å². The van der Waals surface area contributed by atoms with Crippen LogP contribution in [-0.2, 0) is 20.7 Å². The molecule has 1 aliphatic carbocycles. The van der Waals surface area contributed by atoms with Crippen molar-refractivity contribution in [1.29, 1.82) is 0 Å². The summed E-state index contributed by atoms with van der Waals surface area (Å²) >= 11 is 0. The second-order valence-electron chi connectivity index (χ2n) is 6.04. The van der Waals surface area contributed by atoms with Gasteiger partial charge in [0, 0.05) is 0 Å². The van der Waals surface area contributed by atoms with E-state index >= 15 is 0 Å². The highest BCUT2D eigenvalue weighted by atomic mass is 16.7.